The van der Waals surface area contributed by atoms with Crippen LogP contribution >= 0.6 is 0 Å². The molecule has 1 aromatic heterocycles. The van der Waals surface area contributed by atoms with Crippen LogP contribution in [0.4, 0.5) is 55.7 Å². The monoisotopic (exact) mass is 661 g/mol. The Hall–Kier alpha value is -4.62. The maximum atomic E-state index is 13.3. The molecule has 0 atom stereocenters. The van der Waals surface area contributed by atoms with Crippen molar-refractivity contribution in [2.45, 2.75) is 51.1 Å². The summed E-state index contributed by atoms with van der Waals surface area (Å²) in [6.45, 7) is 1.28. The first-order chi connectivity index (χ1) is 20.5. The first kappa shape index (κ1) is 36.6. The van der Waals surface area contributed by atoms with E-state index < -0.39 is 79.0 Å². The summed E-state index contributed by atoms with van der Waals surface area (Å²) in [5.41, 5.74) is -1.33. The summed E-state index contributed by atoms with van der Waals surface area (Å²) in [7, 11) is 0. The summed E-state index contributed by atoms with van der Waals surface area (Å²) in [6.07, 6.45) is -12.2. The molecular weight excluding hydrogens is 637 g/mol. The Balaban J connectivity index is 0.000000900. The van der Waals surface area contributed by atoms with Gasteiger partial charge in [-0.1, -0.05) is 0 Å². The van der Waals surface area contributed by atoms with Gasteiger partial charge in [-0.25, -0.2) is 14.5 Å². The van der Waals surface area contributed by atoms with Crippen LogP contribution < -0.4 is 20.3 Å². The zero-order valence-corrected chi connectivity index (χ0v) is 23.1. The van der Waals surface area contributed by atoms with E-state index in [0.29, 0.717) is 5.56 Å². The number of aromatic nitrogens is 1. The molecule has 0 unspecified atom stereocenters. The number of carbonyl (C=O) groups is 4. The van der Waals surface area contributed by atoms with Crippen molar-refractivity contribution in [3.63, 3.8) is 0 Å². The Bertz CT molecular complexity index is 1380. The Labute approximate surface area is 247 Å². The van der Waals surface area contributed by atoms with E-state index in [-0.39, 0.29) is 12.2 Å². The van der Waals surface area contributed by atoms with Crippen molar-refractivity contribution in [2.24, 2.45) is 0 Å². The standard InChI is InChI=1S/C23H23F6N5O4.C2HF3O2/c1-21(2)19(36)34(20(37)33(21)12-14-5-8-30-9-6-14)15-3-4-17(38-23(27,28)29)16(11-15)32-18(35)7-10-31-13-22(24,25)26;3-2(4,5)1(6)7/h3-6,8-9,11,31H,7,10,12-13H2,1-2H3,(H,32,35);(H,6,7). The molecule has 2 heterocycles. The molecule has 3 N–H and O–H groups in total. The van der Waals surface area contributed by atoms with E-state index >= 15 is 0 Å². The van der Waals surface area contributed by atoms with E-state index in [1.54, 1.807) is 12.1 Å². The number of urea groups is 1. The van der Waals surface area contributed by atoms with Gasteiger partial charge < -0.3 is 25.4 Å². The molecule has 248 valence electrons. The predicted octanol–water partition coefficient (Wildman–Crippen LogP) is 4.84. The maximum absolute atomic E-state index is 13.3. The lowest BCUT2D eigenvalue weighted by atomic mass is 10.0. The number of nitrogens with one attached hydrogen (secondary N) is 2. The number of carboxylic acids is 1. The fourth-order valence-corrected chi connectivity index (χ4v) is 3.61. The number of pyridine rings is 1. The van der Waals surface area contributed by atoms with Gasteiger partial charge in [0, 0.05) is 31.9 Å². The lowest BCUT2D eigenvalue weighted by Gasteiger charge is -2.27. The number of anilines is 2. The van der Waals surface area contributed by atoms with E-state index in [0.717, 1.165) is 23.1 Å². The average molecular weight is 661 g/mol. The summed E-state index contributed by atoms with van der Waals surface area (Å²) in [4.78, 5) is 53.5. The third kappa shape index (κ3) is 10.8. The van der Waals surface area contributed by atoms with Crippen molar-refractivity contribution in [2.75, 3.05) is 23.3 Å². The highest BCUT2D eigenvalue weighted by molar-refractivity contribution is 6.23. The topological polar surface area (TPSA) is 141 Å². The quantitative estimate of drug-likeness (QED) is 0.197. The van der Waals surface area contributed by atoms with Crippen LogP contribution in [-0.4, -0.2) is 76.1 Å². The van der Waals surface area contributed by atoms with Crippen molar-refractivity contribution in [3.8, 4) is 5.75 Å². The highest BCUT2D eigenvalue weighted by Gasteiger charge is 2.52. The molecule has 1 saturated heterocycles. The van der Waals surface area contributed by atoms with Crippen LogP contribution in [0.2, 0.25) is 0 Å². The van der Waals surface area contributed by atoms with Crippen molar-refractivity contribution in [3.05, 3.63) is 48.3 Å². The molecule has 11 nitrogen and oxygen atoms in total. The minimum absolute atomic E-state index is 0.0420. The van der Waals surface area contributed by atoms with Gasteiger partial charge in [0.1, 0.15) is 5.54 Å². The molecule has 0 bridgehead atoms. The van der Waals surface area contributed by atoms with Crippen LogP contribution in [-0.2, 0) is 20.9 Å². The normalized spacial score (nSPS) is 15.0. The average Bonchev–Trinajstić information content (AvgIpc) is 3.06. The molecule has 1 aromatic carbocycles. The zero-order valence-electron chi connectivity index (χ0n) is 23.1. The largest absolute Gasteiger partial charge is 0.573 e. The maximum Gasteiger partial charge on any atom is 0.573 e. The number of halogens is 9. The lowest BCUT2D eigenvalue weighted by Crippen LogP contribution is -2.43. The van der Waals surface area contributed by atoms with Crippen molar-refractivity contribution >= 4 is 35.2 Å². The second kappa shape index (κ2) is 14.0. The molecule has 0 radical (unpaired) electrons. The van der Waals surface area contributed by atoms with Gasteiger partial charge in [0.15, 0.2) is 5.75 Å². The molecule has 20 heteroatoms. The highest BCUT2D eigenvalue weighted by Crippen LogP contribution is 2.38. The SMILES string of the molecule is CC1(C)C(=O)N(c2ccc(OC(F)(F)F)c(NC(=O)CCNCC(F)(F)F)c2)C(=O)N1Cc1ccncc1.O=C(O)C(F)(F)F. The second-order valence-electron chi connectivity index (χ2n) is 9.55. The molecule has 45 heavy (non-hydrogen) atoms. The molecule has 1 fully saturated rings. The van der Waals surface area contributed by atoms with Gasteiger partial charge in [0.25, 0.3) is 5.91 Å². The van der Waals surface area contributed by atoms with Crippen LogP contribution in [0.25, 0.3) is 0 Å². The van der Waals surface area contributed by atoms with Crippen LogP contribution in [0.15, 0.2) is 42.7 Å². The van der Waals surface area contributed by atoms with E-state index in [1.165, 1.54) is 31.1 Å². The number of imide groups is 1. The molecule has 0 spiro atoms. The van der Waals surface area contributed by atoms with Crippen LogP contribution in [0.5, 0.6) is 5.75 Å². The molecule has 3 rings (SSSR count). The first-order valence-corrected chi connectivity index (χ1v) is 12.3. The number of carboxylic acid groups (broad SMARTS) is 1. The summed E-state index contributed by atoms with van der Waals surface area (Å²) in [5.74, 6) is -5.20. The Morgan fingerprint density at radius 1 is 0.978 bits per heavy atom. The Morgan fingerprint density at radius 3 is 2.07 bits per heavy atom. The molecule has 1 aliphatic rings. The van der Waals surface area contributed by atoms with E-state index in [4.69, 9.17) is 9.90 Å². The van der Waals surface area contributed by atoms with Crippen molar-refractivity contribution < 1.29 is 68.5 Å². The molecule has 2 aromatic rings. The van der Waals surface area contributed by atoms with Gasteiger partial charge in [0.2, 0.25) is 5.91 Å². The van der Waals surface area contributed by atoms with Crippen molar-refractivity contribution in [1.82, 2.24) is 15.2 Å². The number of rotatable bonds is 9. The fourth-order valence-electron chi connectivity index (χ4n) is 3.61. The smallest absolute Gasteiger partial charge is 0.475 e. The number of hydrogen-bond donors (Lipinski definition) is 3. The van der Waals surface area contributed by atoms with E-state index in [9.17, 15) is 53.9 Å². The number of nitrogens with zero attached hydrogens (tertiary/aromatic N) is 3. The number of alkyl halides is 9. The Morgan fingerprint density at radius 2 is 1.56 bits per heavy atom. The van der Waals surface area contributed by atoms with Gasteiger partial charge in [-0.15, -0.1) is 13.2 Å². The second-order valence-corrected chi connectivity index (χ2v) is 9.55. The zero-order chi connectivity index (χ0) is 34.4. The summed E-state index contributed by atoms with van der Waals surface area (Å²) >= 11 is 0. The van der Waals surface area contributed by atoms with Crippen LogP contribution in [0.1, 0.15) is 25.8 Å². The summed E-state index contributed by atoms with van der Waals surface area (Å²) in [5, 5.41) is 11.3. The highest BCUT2D eigenvalue weighted by atomic mass is 19.4. The van der Waals surface area contributed by atoms with Gasteiger partial charge in [-0.05, 0) is 49.7 Å². The van der Waals surface area contributed by atoms with Gasteiger partial charge in [-0.3, -0.25) is 14.6 Å². The third-order valence-corrected chi connectivity index (χ3v) is 5.73. The fraction of sp³-hybridized carbons (Fsp3) is 0.400. The van der Waals surface area contributed by atoms with Crippen LogP contribution in [0, 0.1) is 0 Å². The number of amides is 4. The molecule has 1 aliphatic heterocycles. The minimum Gasteiger partial charge on any atom is -0.475 e. The van der Waals surface area contributed by atoms with Gasteiger partial charge in [-0.2, -0.15) is 26.3 Å². The van der Waals surface area contributed by atoms with Gasteiger partial charge in [0.05, 0.1) is 17.9 Å². The van der Waals surface area contributed by atoms with Gasteiger partial charge >= 0.3 is 30.7 Å². The van der Waals surface area contributed by atoms with Crippen LogP contribution in [0.3, 0.4) is 0 Å². The number of ether oxygens (including phenoxy) is 1. The minimum atomic E-state index is -5.14. The lowest BCUT2D eigenvalue weighted by molar-refractivity contribution is -0.274. The van der Waals surface area contributed by atoms with E-state index in [2.05, 4.69) is 15.0 Å². The molecule has 4 amide bonds. The molecular formula is C25H24F9N5O6. The predicted molar refractivity (Wildman–Crippen MR) is 136 cm³/mol. The molecule has 0 saturated carbocycles. The number of benzene rings is 1. The number of hydrogen-bond acceptors (Lipinski definition) is 7. The summed E-state index contributed by atoms with van der Waals surface area (Å²) < 4.78 is 111. The first-order valence-electron chi connectivity index (χ1n) is 12.3. The Kier molecular flexibility index (Phi) is 11.4. The molecule has 0 aliphatic carbocycles. The third-order valence-electron chi connectivity index (χ3n) is 5.73. The number of carbonyl (C=O) groups excluding carboxylic acids is 3. The number of aliphatic carboxylic acids is 1. The summed E-state index contributed by atoms with van der Waals surface area (Å²) in [6, 6.07) is 5.36. The van der Waals surface area contributed by atoms with Crippen molar-refractivity contribution in [1.29, 1.82) is 0 Å². The van der Waals surface area contributed by atoms with E-state index in [1.807, 2.05) is 5.32 Å².